The summed E-state index contributed by atoms with van der Waals surface area (Å²) in [5, 5.41) is 7.90. The van der Waals surface area contributed by atoms with Crippen LogP contribution in [0.2, 0.25) is 0 Å². The lowest BCUT2D eigenvalue weighted by molar-refractivity contribution is 0.523. The molecule has 2 aromatic rings. The number of hydrogen-bond acceptors (Lipinski definition) is 3. The van der Waals surface area contributed by atoms with E-state index in [1.54, 1.807) is 0 Å². The summed E-state index contributed by atoms with van der Waals surface area (Å²) in [5.41, 5.74) is 2.13. The third-order valence-corrected chi connectivity index (χ3v) is 2.92. The second-order valence-electron chi connectivity index (χ2n) is 5.45. The van der Waals surface area contributed by atoms with Gasteiger partial charge in [0.25, 0.3) is 0 Å². The minimum atomic E-state index is 0.405. The van der Waals surface area contributed by atoms with Crippen LogP contribution in [-0.2, 0) is 13.1 Å². The van der Waals surface area contributed by atoms with Gasteiger partial charge in [-0.25, -0.2) is 4.98 Å². The van der Waals surface area contributed by atoms with Gasteiger partial charge in [-0.05, 0) is 19.9 Å². The van der Waals surface area contributed by atoms with Crippen LogP contribution in [0.25, 0.3) is 0 Å². The number of aromatic nitrogens is 4. The fraction of sp³-hybridized carbons (Fsp3) is 0.571. The zero-order valence-corrected chi connectivity index (χ0v) is 12.2. The molecule has 0 spiro atoms. The zero-order chi connectivity index (χ0) is 13.8. The molecule has 2 aromatic heterocycles. The molecule has 0 atom stereocenters. The maximum absolute atomic E-state index is 4.54. The van der Waals surface area contributed by atoms with Gasteiger partial charge in [0, 0.05) is 31.0 Å². The molecule has 2 rings (SSSR count). The predicted octanol–water partition coefficient (Wildman–Crippen LogP) is 2.21. The van der Waals surface area contributed by atoms with Crippen LogP contribution in [-0.4, -0.2) is 25.4 Å². The summed E-state index contributed by atoms with van der Waals surface area (Å²) in [5.74, 6) is 0. The Morgan fingerprint density at radius 2 is 2.00 bits per heavy atom. The molecule has 0 saturated heterocycles. The highest BCUT2D eigenvalue weighted by Crippen LogP contribution is 2.06. The maximum Gasteiger partial charge on any atom is 0.0953 e. The first-order valence-electron chi connectivity index (χ1n) is 6.82. The van der Waals surface area contributed by atoms with E-state index < -0.39 is 0 Å². The first kappa shape index (κ1) is 13.8. The number of nitrogens with one attached hydrogen (secondary N) is 1. The second-order valence-corrected chi connectivity index (χ2v) is 5.45. The van der Waals surface area contributed by atoms with Crippen molar-refractivity contribution in [3.05, 3.63) is 36.2 Å². The number of rotatable bonds is 6. The molecule has 0 saturated carbocycles. The smallest absolute Gasteiger partial charge is 0.0953 e. The molecule has 2 heterocycles. The van der Waals surface area contributed by atoms with Gasteiger partial charge in [-0.1, -0.05) is 13.8 Å². The van der Waals surface area contributed by atoms with Gasteiger partial charge < -0.3 is 9.88 Å². The van der Waals surface area contributed by atoms with Crippen LogP contribution in [0.4, 0.5) is 0 Å². The number of nitrogens with zero attached hydrogens (tertiary/aromatic N) is 4. The van der Waals surface area contributed by atoms with E-state index >= 15 is 0 Å². The monoisotopic (exact) mass is 261 g/mol. The summed E-state index contributed by atoms with van der Waals surface area (Å²) >= 11 is 0. The molecule has 104 valence electrons. The fourth-order valence-corrected chi connectivity index (χ4v) is 1.83. The largest absolute Gasteiger partial charge is 0.331 e. The average molecular weight is 261 g/mol. The Hall–Kier alpha value is -1.62. The number of hydrogen-bond donors (Lipinski definition) is 1. The summed E-state index contributed by atoms with van der Waals surface area (Å²) in [4.78, 5) is 4.39. The first-order chi connectivity index (χ1) is 9.04. The van der Waals surface area contributed by atoms with Crippen molar-refractivity contribution in [1.29, 1.82) is 0 Å². The standard InChI is InChI=1S/C14H23N5/c1-11(2)15-7-14-9-18(10-16-14)8-13-5-6-19(17-13)12(3)4/h5-6,9-12,15H,7-8H2,1-4H3. The zero-order valence-electron chi connectivity index (χ0n) is 12.2. The summed E-state index contributed by atoms with van der Waals surface area (Å²) in [6, 6.07) is 2.95. The molecule has 5 heteroatoms. The van der Waals surface area contributed by atoms with E-state index in [4.69, 9.17) is 0 Å². The minimum Gasteiger partial charge on any atom is -0.331 e. The molecule has 0 radical (unpaired) electrons. The Bertz CT molecular complexity index is 509. The highest BCUT2D eigenvalue weighted by Gasteiger charge is 2.04. The lowest BCUT2D eigenvalue weighted by Crippen LogP contribution is -2.21. The lowest BCUT2D eigenvalue weighted by atomic mass is 10.3. The highest BCUT2D eigenvalue weighted by molar-refractivity contribution is 5.03. The van der Waals surface area contributed by atoms with Crippen molar-refractivity contribution in [2.75, 3.05) is 0 Å². The van der Waals surface area contributed by atoms with Crippen molar-refractivity contribution in [1.82, 2.24) is 24.6 Å². The summed E-state index contributed by atoms with van der Waals surface area (Å²) in [6.07, 6.45) is 5.97. The van der Waals surface area contributed by atoms with E-state index in [0.717, 1.165) is 24.5 Å². The molecule has 0 aromatic carbocycles. The van der Waals surface area contributed by atoms with Crippen molar-refractivity contribution in [2.24, 2.45) is 0 Å². The summed E-state index contributed by atoms with van der Waals surface area (Å²) in [7, 11) is 0. The van der Waals surface area contributed by atoms with E-state index in [1.165, 1.54) is 0 Å². The minimum absolute atomic E-state index is 0.405. The Balaban J connectivity index is 1.95. The maximum atomic E-state index is 4.54. The van der Waals surface area contributed by atoms with E-state index in [0.29, 0.717) is 12.1 Å². The molecule has 19 heavy (non-hydrogen) atoms. The van der Waals surface area contributed by atoms with Gasteiger partial charge >= 0.3 is 0 Å². The molecule has 0 unspecified atom stereocenters. The normalized spacial score (nSPS) is 11.7. The van der Waals surface area contributed by atoms with Gasteiger partial charge in [0.15, 0.2) is 0 Å². The van der Waals surface area contributed by atoms with E-state index in [2.05, 4.69) is 59.9 Å². The Morgan fingerprint density at radius 1 is 1.21 bits per heavy atom. The van der Waals surface area contributed by atoms with E-state index in [-0.39, 0.29) is 0 Å². The number of imidazole rings is 1. The molecular weight excluding hydrogens is 238 g/mol. The topological polar surface area (TPSA) is 47.7 Å². The van der Waals surface area contributed by atoms with Crippen molar-refractivity contribution >= 4 is 0 Å². The Labute approximate surface area is 114 Å². The second kappa shape index (κ2) is 6.02. The third kappa shape index (κ3) is 3.92. The van der Waals surface area contributed by atoms with Gasteiger partial charge in [0.1, 0.15) is 0 Å². The molecule has 0 aliphatic heterocycles. The van der Waals surface area contributed by atoms with E-state index in [1.807, 2.05) is 17.2 Å². The van der Waals surface area contributed by atoms with Crippen molar-refractivity contribution < 1.29 is 0 Å². The molecule has 0 amide bonds. The Kier molecular flexibility index (Phi) is 4.37. The molecule has 5 nitrogen and oxygen atoms in total. The van der Waals surface area contributed by atoms with Gasteiger partial charge in [0.05, 0.1) is 24.3 Å². The lowest BCUT2D eigenvalue weighted by Gasteiger charge is -2.05. The van der Waals surface area contributed by atoms with Gasteiger partial charge in [0.2, 0.25) is 0 Å². The quantitative estimate of drug-likeness (QED) is 0.867. The molecule has 0 fully saturated rings. The van der Waals surface area contributed by atoms with Crippen LogP contribution < -0.4 is 5.32 Å². The van der Waals surface area contributed by atoms with Crippen molar-refractivity contribution in [2.45, 2.75) is 52.9 Å². The fourth-order valence-electron chi connectivity index (χ4n) is 1.83. The third-order valence-electron chi connectivity index (χ3n) is 2.92. The molecule has 0 aliphatic carbocycles. The SMILES string of the molecule is CC(C)NCc1cn(Cc2ccn(C(C)C)n2)cn1. The van der Waals surface area contributed by atoms with E-state index in [9.17, 15) is 0 Å². The van der Waals surface area contributed by atoms with Crippen LogP contribution in [0.3, 0.4) is 0 Å². The first-order valence-corrected chi connectivity index (χ1v) is 6.82. The Morgan fingerprint density at radius 3 is 2.63 bits per heavy atom. The average Bonchev–Trinajstić information content (AvgIpc) is 2.96. The predicted molar refractivity (Wildman–Crippen MR) is 75.9 cm³/mol. The highest BCUT2D eigenvalue weighted by atomic mass is 15.3. The van der Waals surface area contributed by atoms with Crippen LogP contribution >= 0.6 is 0 Å². The van der Waals surface area contributed by atoms with Crippen molar-refractivity contribution in [3.63, 3.8) is 0 Å². The van der Waals surface area contributed by atoms with Gasteiger partial charge in [-0.3, -0.25) is 4.68 Å². The molecule has 1 N–H and O–H groups in total. The molecule has 0 aliphatic rings. The van der Waals surface area contributed by atoms with Crippen molar-refractivity contribution in [3.8, 4) is 0 Å². The summed E-state index contributed by atoms with van der Waals surface area (Å²) < 4.78 is 4.05. The van der Waals surface area contributed by atoms with Crippen LogP contribution in [0.1, 0.15) is 45.1 Å². The van der Waals surface area contributed by atoms with Gasteiger partial charge in [-0.2, -0.15) is 5.10 Å². The van der Waals surface area contributed by atoms with Gasteiger partial charge in [-0.15, -0.1) is 0 Å². The van der Waals surface area contributed by atoms with Crippen LogP contribution in [0.15, 0.2) is 24.8 Å². The van der Waals surface area contributed by atoms with Crippen LogP contribution in [0.5, 0.6) is 0 Å². The molecule has 0 bridgehead atoms. The summed E-state index contributed by atoms with van der Waals surface area (Å²) in [6.45, 7) is 10.1. The molecular formula is C14H23N5. The van der Waals surface area contributed by atoms with Crippen LogP contribution in [0, 0.1) is 0 Å².